The molecule has 0 radical (unpaired) electrons. The first-order valence-electron chi connectivity index (χ1n) is 9.61. The van der Waals surface area contributed by atoms with Crippen LogP contribution in [0.1, 0.15) is 38.2 Å². The van der Waals surface area contributed by atoms with Crippen molar-refractivity contribution in [3.8, 4) is 11.3 Å². The fourth-order valence-corrected chi connectivity index (χ4v) is 5.19. The second-order valence-electron chi connectivity index (χ2n) is 8.07. The van der Waals surface area contributed by atoms with E-state index < -0.39 is 15.6 Å². The number of pyridine rings is 1. The molecule has 4 rings (SSSR count). The number of rotatable bonds is 4. The van der Waals surface area contributed by atoms with E-state index in [1.165, 1.54) is 0 Å². The lowest BCUT2D eigenvalue weighted by Gasteiger charge is -2.33. The van der Waals surface area contributed by atoms with E-state index in [2.05, 4.69) is 19.9 Å². The number of hydrogen-bond donors (Lipinski definition) is 4. The van der Waals surface area contributed by atoms with Gasteiger partial charge in [0.2, 0.25) is 10.0 Å². The van der Waals surface area contributed by atoms with E-state index in [9.17, 15) is 13.5 Å². The van der Waals surface area contributed by atoms with Gasteiger partial charge in [-0.2, -0.15) is 5.10 Å². The lowest BCUT2D eigenvalue weighted by atomic mass is 9.84. The number of nitrogens with one attached hydrogen (secondary N) is 2. The van der Waals surface area contributed by atoms with Crippen molar-refractivity contribution in [3.05, 3.63) is 35.9 Å². The molecule has 0 aliphatic heterocycles. The van der Waals surface area contributed by atoms with Gasteiger partial charge in [0, 0.05) is 11.6 Å². The molecule has 5 N–H and O–H groups in total. The highest BCUT2D eigenvalue weighted by Gasteiger charge is 2.31. The summed E-state index contributed by atoms with van der Waals surface area (Å²) >= 11 is 0. The molecule has 1 saturated carbocycles. The number of fused-ring (bicyclic) bond motifs is 1. The maximum absolute atomic E-state index is 12.8. The number of benzene rings is 1. The van der Waals surface area contributed by atoms with Gasteiger partial charge >= 0.3 is 0 Å². The summed E-state index contributed by atoms with van der Waals surface area (Å²) in [4.78, 5) is 4.78. The average Bonchev–Trinajstić information content (AvgIpc) is 3.04. The second kappa shape index (κ2) is 7.08. The molecule has 154 valence electrons. The first-order valence-corrected chi connectivity index (χ1v) is 11.1. The third-order valence-electron chi connectivity index (χ3n) is 5.60. The van der Waals surface area contributed by atoms with E-state index in [0.717, 1.165) is 16.6 Å². The zero-order chi connectivity index (χ0) is 20.8. The van der Waals surface area contributed by atoms with Crippen molar-refractivity contribution in [1.29, 1.82) is 0 Å². The molecule has 0 unspecified atom stereocenters. The molecule has 0 atom stereocenters. The molecule has 0 saturated heterocycles. The number of aryl methyl sites for hydroxylation is 1. The van der Waals surface area contributed by atoms with Crippen LogP contribution >= 0.6 is 0 Å². The Morgan fingerprint density at radius 2 is 1.97 bits per heavy atom. The number of anilines is 1. The molecular formula is C20H25N5O3S. The summed E-state index contributed by atoms with van der Waals surface area (Å²) in [6.07, 6.45) is 2.42. The highest BCUT2D eigenvalue weighted by Crippen LogP contribution is 2.30. The molecule has 1 aliphatic rings. The zero-order valence-corrected chi connectivity index (χ0v) is 17.3. The van der Waals surface area contributed by atoms with E-state index in [-0.39, 0.29) is 10.9 Å². The van der Waals surface area contributed by atoms with Crippen molar-refractivity contribution in [3.63, 3.8) is 0 Å². The minimum absolute atomic E-state index is 0.159. The summed E-state index contributed by atoms with van der Waals surface area (Å²) in [5.41, 5.74) is 8.81. The first kappa shape index (κ1) is 19.8. The van der Waals surface area contributed by atoms with Gasteiger partial charge in [-0.1, -0.05) is 6.07 Å². The van der Waals surface area contributed by atoms with Crippen molar-refractivity contribution in [1.82, 2.24) is 19.9 Å². The Bertz CT molecular complexity index is 1160. The molecule has 0 amide bonds. The third kappa shape index (κ3) is 3.98. The second-order valence-corrected chi connectivity index (χ2v) is 9.78. The quantitative estimate of drug-likeness (QED) is 0.517. The lowest BCUT2D eigenvalue weighted by Crippen LogP contribution is -2.42. The monoisotopic (exact) mass is 415 g/mol. The van der Waals surface area contributed by atoms with Gasteiger partial charge in [-0.15, -0.1) is 0 Å². The summed E-state index contributed by atoms with van der Waals surface area (Å²) in [6, 6.07) is 8.55. The molecule has 2 heterocycles. The van der Waals surface area contributed by atoms with Crippen LogP contribution in [-0.2, 0) is 10.0 Å². The predicted molar refractivity (Wildman–Crippen MR) is 112 cm³/mol. The van der Waals surface area contributed by atoms with E-state index >= 15 is 0 Å². The number of nitrogens with zero attached hydrogens (tertiary/aromatic N) is 2. The molecule has 8 nitrogen and oxygen atoms in total. The van der Waals surface area contributed by atoms with Crippen molar-refractivity contribution < 1.29 is 13.5 Å². The molecular weight excluding hydrogens is 390 g/mol. The fraction of sp³-hybridized carbons (Fsp3) is 0.400. The Morgan fingerprint density at radius 1 is 1.24 bits per heavy atom. The Morgan fingerprint density at radius 3 is 2.66 bits per heavy atom. The number of aliphatic hydroxyl groups is 1. The van der Waals surface area contributed by atoms with Gasteiger partial charge in [0.1, 0.15) is 5.52 Å². The molecule has 1 aliphatic carbocycles. The number of H-pyrrole nitrogens is 1. The Kier molecular flexibility index (Phi) is 4.84. The molecule has 3 aromatic rings. The normalized spacial score (nSPS) is 22.8. The smallest absolute Gasteiger partial charge is 0.240 e. The minimum atomic E-state index is -3.64. The van der Waals surface area contributed by atoms with Gasteiger partial charge in [0.05, 0.1) is 21.7 Å². The van der Waals surface area contributed by atoms with Crippen LogP contribution in [0.3, 0.4) is 0 Å². The number of nitrogen functional groups attached to an aromatic ring is 1. The first-order chi connectivity index (χ1) is 13.6. The summed E-state index contributed by atoms with van der Waals surface area (Å²) in [5.74, 6) is 0.328. The summed E-state index contributed by atoms with van der Waals surface area (Å²) in [7, 11) is -3.64. The van der Waals surface area contributed by atoms with Crippen molar-refractivity contribution in [2.45, 2.75) is 56.1 Å². The predicted octanol–water partition coefficient (Wildman–Crippen LogP) is 2.49. The topological polar surface area (TPSA) is 134 Å². The van der Waals surface area contributed by atoms with Gasteiger partial charge in [0.15, 0.2) is 5.82 Å². The Balaban J connectivity index is 1.58. The number of sulfonamides is 1. The highest BCUT2D eigenvalue weighted by atomic mass is 32.2. The molecule has 29 heavy (non-hydrogen) atoms. The largest absolute Gasteiger partial charge is 0.390 e. The van der Waals surface area contributed by atoms with Crippen LogP contribution in [0.25, 0.3) is 22.3 Å². The van der Waals surface area contributed by atoms with Gasteiger partial charge in [0.25, 0.3) is 0 Å². The summed E-state index contributed by atoms with van der Waals surface area (Å²) in [6.45, 7) is 3.65. The third-order valence-corrected chi connectivity index (χ3v) is 7.12. The standard InChI is InChI=1S/C20H25N5O3S/c1-12-11-14(29(27,28)25-13-7-9-20(2,26)10-8-13)3-4-15(12)16-5-6-17-18(22-16)19(21)24-23-17/h3-6,11,13,25-26H,7-10H2,1-2H3,(H3,21,23,24)/t13-,20-. The van der Waals surface area contributed by atoms with Gasteiger partial charge in [-0.3, -0.25) is 5.10 Å². The molecule has 9 heteroatoms. The van der Waals surface area contributed by atoms with Crippen LogP contribution in [0.4, 0.5) is 5.82 Å². The summed E-state index contributed by atoms with van der Waals surface area (Å²) in [5, 5.41) is 16.8. The maximum Gasteiger partial charge on any atom is 0.240 e. The Labute approximate surface area is 169 Å². The Hall–Kier alpha value is -2.49. The molecule has 0 spiro atoms. The van der Waals surface area contributed by atoms with Crippen LogP contribution in [-0.4, -0.2) is 40.3 Å². The van der Waals surface area contributed by atoms with E-state index in [0.29, 0.717) is 42.7 Å². The maximum atomic E-state index is 12.8. The van der Waals surface area contributed by atoms with Gasteiger partial charge in [-0.05, 0) is 69.4 Å². The zero-order valence-electron chi connectivity index (χ0n) is 16.4. The average molecular weight is 416 g/mol. The van der Waals surface area contributed by atoms with Crippen LogP contribution in [0.5, 0.6) is 0 Å². The van der Waals surface area contributed by atoms with Crippen molar-refractivity contribution in [2.75, 3.05) is 5.73 Å². The fourth-order valence-electron chi connectivity index (χ4n) is 3.80. The van der Waals surface area contributed by atoms with Crippen LogP contribution in [0, 0.1) is 6.92 Å². The van der Waals surface area contributed by atoms with Gasteiger partial charge < -0.3 is 10.8 Å². The van der Waals surface area contributed by atoms with E-state index in [1.807, 2.05) is 19.1 Å². The van der Waals surface area contributed by atoms with Crippen molar-refractivity contribution in [2.24, 2.45) is 0 Å². The van der Waals surface area contributed by atoms with E-state index in [4.69, 9.17) is 5.73 Å². The van der Waals surface area contributed by atoms with Crippen LogP contribution in [0.15, 0.2) is 35.2 Å². The van der Waals surface area contributed by atoms with Crippen molar-refractivity contribution >= 4 is 26.9 Å². The summed E-state index contributed by atoms with van der Waals surface area (Å²) < 4.78 is 28.4. The number of hydrogen-bond acceptors (Lipinski definition) is 6. The highest BCUT2D eigenvalue weighted by molar-refractivity contribution is 7.89. The minimum Gasteiger partial charge on any atom is -0.390 e. The number of aromatic nitrogens is 3. The SMILES string of the molecule is Cc1cc(S(=O)(=O)N[C@H]2CC[C@](C)(O)CC2)ccc1-c1ccc2[nH]nc(N)c2n1. The number of nitrogens with two attached hydrogens (primary N) is 1. The molecule has 2 aromatic heterocycles. The molecule has 1 aromatic carbocycles. The van der Waals surface area contributed by atoms with Crippen LogP contribution < -0.4 is 10.5 Å². The van der Waals surface area contributed by atoms with Crippen LogP contribution in [0.2, 0.25) is 0 Å². The molecule has 1 fully saturated rings. The van der Waals surface area contributed by atoms with Gasteiger partial charge in [-0.25, -0.2) is 18.1 Å². The molecule has 0 bridgehead atoms. The van der Waals surface area contributed by atoms with E-state index in [1.54, 1.807) is 25.1 Å². The lowest BCUT2D eigenvalue weighted by molar-refractivity contribution is 0.0163. The number of aromatic amines is 1.